The molecule has 22 heavy (non-hydrogen) atoms. The van der Waals surface area contributed by atoms with Crippen LogP contribution in [0.1, 0.15) is 39.5 Å². The number of hydrogen-bond donors (Lipinski definition) is 1. The fourth-order valence-corrected chi connectivity index (χ4v) is 3.17. The minimum atomic E-state index is 0.710. The molecular formula is C18H27BrN2O. The van der Waals surface area contributed by atoms with Gasteiger partial charge in [-0.15, -0.1) is 0 Å². The van der Waals surface area contributed by atoms with E-state index in [-0.39, 0.29) is 0 Å². The van der Waals surface area contributed by atoms with Crippen LogP contribution in [0, 0.1) is 5.92 Å². The van der Waals surface area contributed by atoms with Crippen LogP contribution in [0.4, 0.5) is 0 Å². The summed E-state index contributed by atoms with van der Waals surface area (Å²) >= 11 is 3.62. The largest absolute Gasteiger partial charge is 0.383 e. The maximum Gasteiger partial charge on any atom is 0.0642 e. The molecule has 0 saturated carbocycles. The molecule has 0 aromatic heterocycles. The average molecular weight is 367 g/mol. The summed E-state index contributed by atoms with van der Waals surface area (Å²) < 4.78 is 6.54. The first-order valence-electron chi connectivity index (χ1n) is 8.27. The standard InChI is InChI=1S/C18H27BrN2O/c1-3-5-6-18-17(12-16(19)14-21(18)9-4-2)20-13-15-7-10-22-11-8-15/h4,6,9,12,14-15,20H,3,5,7-8,10-11,13H2,1-2H3/b9-4-,18-6+. The van der Waals surface area contributed by atoms with Crippen molar-refractivity contribution in [3.05, 3.63) is 46.5 Å². The summed E-state index contributed by atoms with van der Waals surface area (Å²) in [6, 6.07) is 0. The first-order chi connectivity index (χ1) is 10.7. The van der Waals surface area contributed by atoms with Crippen LogP contribution < -0.4 is 5.32 Å². The Morgan fingerprint density at radius 2 is 2.18 bits per heavy atom. The molecule has 1 fully saturated rings. The number of rotatable bonds is 6. The second-order valence-corrected chi connectivity index (χ2v) is 6.69. The van der Waals surface area contributed by atoms with E-state index in [1.165, 1.54) is 11.4 Å². The van der Waals surface area contributed by atoms with Crippen molar-refractivity contribution in [2.75, 3.05) is 19.8 Å². The van der Waals surface area contributed by atoms with E-state index in [9.17, 15) is 0 Å². The molecule has 0 aromatic rings. The number of unbranched alkanes of at least 4 members (excludes halogenated alkanes) is 1. The molecule has 0 amide bonds. The zero-order valence-corrected chi connectivity index (χ0v) is 15.2. The molecule has 0 aromatic carbocycles. The predicted molar refractivity (Wildman–Crippen MR) is 96.3 cm³/mol. The van der Waals surface area contributed by atoms with Gasteiger partial charge in [0.15, 0.2) is 0 Å². The zero-order chi connectivity index (χ0) is 15.8. The Morgan fingerprint density at radius 3 is 2.86 bits per heavy atom. The van der Waals surface area contributed by atoms with Gasteiger partial charge >= 0.3 is 0 Å². The van der Waals surface area contributed by atoms with Gasteiger partial charge in [0.1, 0.15) is 0 Å². The summed E-state index contributed by atoms with van der Waals surface area (Å²) in [5, 5.41) is 3.66. The topological polar surface area (TPSA) is 24.5 Å². The molecule has 0 radical (unpaired) electrons. The van der Waals surface area contributed by atoms with Gasteiger partial charge in [-0.2, -0.15) is 0 Å². The molecule has 2 aliphatic heterocycles. The summed E-state index contributed by atoms with van der Waals surface area (Å²) in [6.45, 7) is 7.08. The predicted octanol–water partition coefficient (Wildman–Crippen LogP) is 4.66. The third kappa shape index (κ3) is 5.03. The van der Waals surface area contributed by atoms with Gasteiger partial charge in [-0.3, -0.25) is 0 Å². The fourth-order valence-electron chi connectivity index (χ4n) is 2.72. The molecule has 2 aliphatic rings. The molecule has 122 valence electrons. The van der Waals surface area contributed by atoms with Crippen molar-refractivity contribution in [2.45, 2.75) is 39.5 Å². The van der Waals surface area contributed by atoms with Crippen LogP contribution in [0.25, 0.3) is 0 Å². The fraction of sp³-hybridized carbons (Fsp3) is 0.556. The van der Waals surface area contributed by atoms with E-state index in [0.29, 0.717) is 5.92 Å². The monoisotopic (exact) mass is 366 g/mol. The number of hydrogen-bond acceptors (Lipinski definition) is 3. The number of halogens is 1. The third-order valence-corrected chi connectivity index (χ3v) is 4.39. The first-order valence-corrected chi connectivity index (χ1v) is 9.06. The van der Waals surface area contributed by atoms with Gasteiger partial charge in [0, 0.05) is 36.6 Å². The van der Waals surface area contributed by atoms with Crippen molar-refractivity contribution >= 4 is 15.9 Å². The summed E-state index contributed by atoms with van der Waals surface area (Å²) in [5.74, 6) is 0.710. The molecule has 2 heterocycles. The summed E-state index contributed by atoms with van der Waals surface area (Å²) in [5.41, 5.74) is 2.45. The molecular weight excluding hydrogens is 340 g/mol. The van der Waals surface area contributed by atoms with Gasteiger partial charge in [-0.05, 0) is 54.1 Å². The molecule has 1 N–H and O–H groups in total. The molecule has 3 nitrogen and oxygen atoms in total. The van der Waals surface area contributed by atoms with Crippen LogP contribution in [0.3, 0.4) is 0 Å². The van der Waals surface area contributed by atoms with E-state index >= 15 is 0 Å². The van der Waals surface area contributed by atoms with Gasteiger partial charge in [-0.1, -0.05) is 25.5 Å². The molecule has 1 saturated heterocycles. The normalized spacial score (nSPS) is 22.1. The van der Waals surface area contributed by atoms with Gasteiger partial charge in [0.2, 0.25) is 0 Å². The van der Waals surface area contributed by atoms with Crippen molar-refractivity contribution in [3.63, 3.8) is 0 Å². The quantitative estimate of drug-likeness (QED) is 0.739. The highest BCUT2D eigenvalue weighted by molar-refractivity contribution is 9.11. The van der Waals surface area contributed by atoms with E-state index in [0.717, 1.165) is 49.9 Å². The number of nitrogens with one attached hydrogen (secondary N) is 1. The lowest BCUT2D eigenvalue weighted by atomic mass is 10.00. The van der Waals surface area contributed by atoms with Crippen molar-refractivity contribution in [1.82, 2.24) is 10.2 Å². The second-order valence-electron chi connectivity index (χ2n) is 5.78. The van der Waals surface area contributed by atoms with E-state index in [2.05, 4.69) is 63.7 Å². The molecule has 0 spiro atoms. The average Bonchev–Trinajstić information content (AvgIpc) is 2.53. The van der Waals surface area contributed by atoms with E-state index in [1.54, 1.807) is 0 Å². The lowest BCUT2D eigenvalue weighted by Gasteiger charge is -2.29. The highest BCUT2D eigenvalue weighted by atomic mass is 79.9. The molecule has 2 rings (SSSR count). The Bertz CT molecular complexity index is 473. The lowest BCUT2D eigenvalue weighted by molar-refractivity contribution is 0.0670. The Hall–Kier alpha value is -1.00. The van der Waals surface area contributed by atoms with Gasteiger partial charge in [0.05, 0.1) is 11.4 Å². The van der Waals surface area contributed by atoms with Crippen molar-refractivity contribution in [3.8, 4) is 0 Å². The Labute approximate surface area is 142 Å². The SMILES string of the molecule is C/C=C\N1C=C(Br)C=C(NCC2CCOCC2)/C1=C\CCC. The van der Waals surface area contributed by atoms with E-state index in [1.807, 2.05) is 6.92 Å². The maximum atomic E-state index is 5.44. The highest BCUT2D eigenvalue weighted by Gasteiger charge is 2.18. The summed E-state index contributed by atoms with van der Waals surface area (Å²) in [7, 11) is 0. The Morgan fingerprint density at radius 1 is 1.41 bits per heavy atom. The first kappa shape index (κ1) is 17.4. The van der Waals surface area contributed by atoms with Crippen LogP contribution >= 0.6 is 15.9 Å². The minimum Gasteiger partial charge on any atom is -0.383 e. The second kappa shape index (κ2) is 9.21. The highest BCUT2D eigenvalue weighted by Crippen LogP contribution is 2.27. The van der Waals surface area contributed by atoms with Crippen molar-refractivity contribution in [2.24, 2.45) is 5.92 Å². The van der Waals surface area contributed by atoms with Crippen molar-refractivity contribution in [1.29, 1.82) is 0 Å². The number of ether oxygens (including phenoxy) is 1. The van der Waals surface area contributed by atoms with E-state index in [4.69, 9.17) is 4.74 Å². The third-order valence-electron chi connectivity index (χ3n) is 3.96. The molecule has 0 unspecified atom stereocenters. The van der Waals surface area contributed by atoms with Gasteiger partial charge in [0.25, 0.3) is 0 Å². The molecule has 0 atom stereocenters. The maximum absolute atomic E-state index is 5.44. The lowest BCUT2D eigenvalue weighted by Crippen LogP contribution is -2.31. The number of nitrogens with zero attached hydrogens (tertiary/aromatic N) is 1. The van der Waals surface area contributed by atoms with Crippen LogP contribution in [0.15, 0.2) is 46.5 Å². The summed E-state index contributed by atoms with van der Waals surface area (Å²) in [6.07, 6.45) is 15.3. The molecule has 0 bridgehead atoms. The van der Waals surface area contributed by atoms with Crippen molar-refractivity contribution < 1.29 is 4.74 Å². The van der Waals surface area contributed by atoms with Crippen LogP contribution in [0.2, 0.25) is 0 Å². The minimum absolute atomic E-state index is 0.710. The van der Waals surface area contributed by atoms with Gasteiger partial charge < -0.3 is 15.0 Å². The summed E-state index contributed by atoms with van der Waals surface area (Å²) in [4.78, 5) is 2.19. The van der Waals surface area contributed by atoms with E-state index < -0.39 is 0 Å². The molecule has 0 aliphatic carbocycles. The Balaban J connectivity index is 2.08. The van der Waals surface area contributed by atoms with Crippen LogP contribution in [-0.4, -0.2) is 24.7 Å². The molecule has 4 heteroatoms. The zero-order valence-electron chi connectivity index (χ0n) is 13.6. The Kier molecular flexibility index (Phi) is 7.26. The smallest absolute Gasteiger partial charge is 0.0642 e. The van der Waals surface area contributed by atoms with Crippen LogP contribution in [0.5, 0.6) is 0 Å². The van der Waals surface area contributed by atoms with Crippen LogP contribution in [-0.2, 0) is 4.74 Å². The number of allylic oxidation sites excluding steroid dienone is 4. The van der Waals surface area contributed by atoms with Gasteiger partial charge in [-0.25, -0.2) is 0 Å².